The highest BCUT2D eigenvalue weighted by Crippen LogP contribution is 2.21. The van der Waals surface area contributed by atoms with Crippen LogP contribution in [0.2, 0.25) is 0 Å². The first-order valence-electron chi connectivity index (χ1n) is 6.68. The van der Waals surface area contributed by atoms with Crippen molar-refractivity contribution in [2.24, 2.45) is 16.8 Å². The number of allylic oxidation sites excluding steroid dienone is 4. The van der Waals surface area contributed by atoms with Gasteiger partial charge in [-0.2, -0.15) is 0 Å². The molecule has 0 saturated heterocycles. The van der Waals surface area contributed by atoms with Crippen LogP contribution in [0.3, 0.4) is 0 Å². The van der Waals surface area contributed by atoms with Crippen molar-refractivity contribution >= 4 is 5.71 Å². The maximum Gasteiger partial charge on any atom is 0.0605 e. The molecule has 0 aliphatic carbocycles. The van der Waals surface area contributed by atoms with E-state index in [4.69, 9.17) is 0 Å². The lowest BCUT2D eigenvalue weighted by Gasteiger charge is -2.18. The third kappa shape index (κ3) is 3.99. The zero-order valence-corrected chi connectivity index (χ0v) is 11.7. The van der Waals surface area contributed by atoms with E-state index >= 15 is 0 Å². The highest BCUT2D eigenvalue weighted by Gasteiger charge is 2.13. The van der Waals surface area contributed by atoms with Crippen molar-refractivity contribution in [2.45, 2.75) is 40.5 Å². The molecule has 0 aromatic heterocycles. The molecule has 0 spiro atoms. The Labute approximate surface area is 106 Å². The van der Waals surface area contributed by atoms with E-state index in [1.807, 2.05) is 0 Å². The largest absolute Gasteiger partial charge is 0.285 e. The Morgan fingerprint density at radius 2 is 2.18 bits per heavy atom. The monoisotopic (exact) mass is 231 g/mol. The maximum atomic E-state index is 4.63. The van der Waals surface area contributed by atoms with Crippen LogP contribution in [0.15, 0.2) is 40.9 Å². The molecule has 0 N–H and O–H groups in total. The summed E-state index contributed by atoms with van der Waals surface area (Å²) < 4.78 is 0. The molecule has 1 nitrogen and oxygen atoms in total. The van der Waals surface area contributed by atoms with Gasteiger partial charge in [0.2, 0.25) is 0 Å². The van der Waals surface area contributed by atoms with Gasteiger partial charge in [0.25, 0.3) is 0 Å². The second-order valence-corrected chi connectivity index (χ2v) is 5.09. The molecule has 0 aromatic rings. The maximum absolute atomic E-state index is 4.63. The molecule has 0 radical (unpaired) electrons. The van der Waals surface area contributed by atoms with E-state index in [-0.39, 0.29) is 0 Å². The fourth-order valence-electron chi connectivity index (χ4n) is 1.80. The summed E-state index contributed by atoms with van der Waals surface area (Å²) in [6.45, 7) is 13.8. The zero-order valence-electron chi connectivity index (χ0n) is 11.7. The molecule has 17 heavy (non-hydrogen) atoms. The van der Waals surface area contributed by atoms with E-state index < -0.39 is 0 Å². The van der Waals surface area contributed by atoms with Crippen LogP contribution in [0.4, 0.5) is 0 Å². The summed E-state index contributed by atoms with van der Waals surface area (Å²) in [6.07, 6.45) is 8.86. The van der Waals surface area contributed by atoms with Crippen LogP contribution in [0, 0.1) is 11.8 Å². The first-order valence-corrected chi connectivity index (χ1v) is 6.68. The van der Waals surface area contributed by atoms with Gasteiger partial charge in [0.1, 0.15) is 0 Å². The summed E-state index contributed by atoms with van der Waals surface area (Å²) in [5.74, 6) is 1.11. The summed E-state index contributed by atoms with van der Waals surface area (Å²) in [5.41, 5.74) is 3.74. The Morgan fingerprint density at radius 3 is 2.76 bits per heavy atom. The van der Waals surface area contributed by atoms with Gasteiger partial charge in [-0.05, 0) is 36.3 Å². The van der Waals surface area contributed by atoms with Crippen molar-refractivity contribution in [1.29, 1.82) is 0 Å². The summed E-state index contributed by atoms with van der Waals surface area (Å²) in [5, 5.41) is 0. The predicted molar refractivity (Wildman–Crippen MR) is 77.6 cm³/mol. The van der Waals surface area contributed by atoms with Crippen LogP contribution in [0.25, 0.3) is 0 Å². The lowest BCUT2D eigenvalue weighted by atomic mass is 9.91. The molecule has 0 fully saturated rings. The van der Waals surface area contributed by atoms with Crippen LogP contribution in [0.5, 0.6) is 0 Å². The van der Waals surface area contributed by atoms with E-state index in [1.165, 1.54) is 17.6 Å². The van der Waals surface area contributed by atoms with Gasteiger partial charge in [-0.25, -0.2) is 0 Å². The van der Waals surface area contributed by atoms with Gasteiger partial charge in [-0.3, -0.25) is 4.99 Å². The van der Waals surface area contributed by atoms with Crippen molar-refractivity contribution in [2.75, 3.05) is 6.54 Å². The molecule has 1 rings (SSSR count). The second-order valence-electron chi connectivity index (χ2n) is 5.09. The minimum atomic E-state index is 0.506. The molecule has 1 atom stereocenters. The summed E-state index contributed by atoms with van der Waals surface area (Å²) in [4.78, 5) is 4.63. The smallest absolute Gasteiger partial charge is 0.0605 e. The average Bonchev–Trinajstić information content (AvgIpc) is 2.35. The van der Waals surface area contributed by atoms with Gasteiger partial charge < -0.3 is 0 Å². The van der Waals surface area contributed by atoms with E-state index in [0.29, 0.717) is 11.8 Å². The molecule has 0 aromatic carbocycles. The number of hydrogen-bond acceptors (Lipinski definition) is 1. The molecule has 0 bridgehead atoms. The molecule has 1 aliphatic rings. The molecule has 0 amide bonds. The van der Waals surface area contributed by atoms with Gasteiger partial charge in [-0.1, -0.05) is 52.0 Å². The highest BCUT2D eigenvalue weighted by atomic mass is 14.7. The minimum absolute atomic E-state index is 0.506. The van der Waals surface area contributed by atoms with Crippen molar-refractivity contribution in [3.8, 4) is 0 Å². The summed E-state index contributed by atoms with van der Waals surface area (Å²) in [6, 6.07) is 0. The van der Waals surface area contributed by atoms with Crippen molar-refractivity contribution in [3.05, 3.63) is 36.0 Å². The fourth-order valence-corrected chi connectivity index (χ4v) is 1.80. The first-order chi connectivity index (χ1) is 8.06. The predicted octanol–water partition coefficient (Wildman–Crippen LogP) is 4.57. The van der Waals surface area contributed by atoms with Gasteiger partial charge in [-0.15, -0.1) is 0 Å². The van der Waals surface area contributed by atoms with Gasteiger partial charge in [0.15, 0.2) is 0 Å². The van der Waals surface area contributed by atoms with Crippen LogP contribution >= 0.6 is 0 Å². The van der Waals surface area contributed by atoms with Crippen LogP contribution in [0.1, 0.15) is 40.5 Å². The van der Waals surface area contributed by atoms with Crippen molar-refractivity contribution in [1.82, 2.24) is 0 Å². The van der Waals surface area contributed by atoms with E-state index in [1.54, 1.807) is 0 Å². The standard InChI is InChI=1S/C16H25N/c1-6-13(4)15-8-7-11-17-16(15)10-9-14(5)12(2)3/h8-10,12-13H,5-7,11H2,1-4H3/b10-9-. The quantitative estimate of drug-likeness (QED) is 0.614. The topological polar surface area (TPSA) is 12.4 Å². The van der Waals surface area contributed by atoms with Gasteiger partial charge >= 0.3 is 0 Å². The third-order valence-corrected chi connectivity index (χ3v) is 3.41. The number of dihydropyridines is 1. The Morgan fingerprint density at radius 1 is 1.47 bits per heavy atom. The molecule has 1 heteroatoms. The van der Waals surface area contributed by atoms with E-state index in [0.717, 1.165) is 18.7 Å². The molecule has 1 heterocycles. The van der Waals surface area contributed by atoms with Gasteiger partial charge in [0, 0.05) is 6.54 Å². The molecule has 94 valence electrons. The summed E-state index contributed by atoms with van der Waals surface area (Å²) in [7, 11) is 0. The normalized spacial score (nSPS) is 18.2. The number of nitrogens with zero attached hydrogens (tertiary/aromatic N) is 1. The SMILES string of the molecule is C=C(/C=C\C1=NCCC=C1C(C)CC)C(C)C. The minimum Gasteiger partial charge on any atom is -0.285 e. The molecule has 0 saturated carbocycles. The first kappa shape index (κ1) is 14.0. The van der Waals surface area contributed by atoms with Crippen molar-refractivity contribution < 1.29 is 0 Å². The Hall–Kier alpha value is -1.11. The molecule has 1 aliphatic heterocycles. The fraction of sp³-hybridized carbons (Fsp3) is 0.562. The second kappa shape index (κ2) is 6.58. The van der Waals surface area contributed by atoms with Gasteiger partial charge in [0.05, 0.1) is 5.71 Å². The Bertz CT molecular complexity index is 356. The third-order valence-electron chi connectivity index (χ3n) is 3.41. The van der Waals surface area contributed by atoms with E-state index in [9.17, 15) is 0 Å². The number of rotatable bonds is 5. The Kier molecular flexibility index (Phi) is 5.40. The highest BCUT2D eigenvalue weighted by molar-refractivity contribution is 6.09. The lowest BCUT2D eigenvalue weighted by molar-refractivity contribution is 0.670. The molecular formula is C16H25N. The van der Waals surface area contributed by atoms with Crippen LogP contribution in [-0.4, -0.2) is 12.3 Å². The Balaban J connectivity index is 2.78. The number of aliphatic imine (C=N–C) groups is 1. The number of hydrogen-bond donors (Lipinski definition) is 0. The zero-order chi connectivity index (χ0) is 12.8. The molecular weight excluding hydrogens is 206 g/mol. The van der Waals surface area contributed by atoms with E-state index in [2.05, 4.69) is 57.5 Å². The molecule has 1 unspecified atom stereocenters. The summed E-state index contributed by atoms with van der Waals surface area (Å²) >= 11 is 0. The lowest BCUT2D eigenvalue weighted by Crippen LogP contribution is -2.12. The van der Waals surface area contributed by atoms with Crippen molar-refractivity contribution in [3.63, 3.8) is 0 Å². The average molecular weight is 231 g/mol. The van der Waals surface area contributed by atoms with Crippen LogP contribution in [-0.2, 0) is 0 Å². The van der Waals surface area contributed by atoms with Crippen LogP contribution < -0.4 is 0 Å².